The number of aromatic nitrogens is 1. The molecule has 0 spiro atoms. The maximum atomic E-state index is 6.93. The van der Waals surface area contributed by atoms with Gasteiger partial charge in [0.1, 0.15) is 12.2 Å². The van der Waals surface area contributed by atoms with Crippen LogP contribution < -0.4 is 11.1 Å². The molecule has 0 amide bonds. The molecule has 0 aliphatic carbocycles. The topological polar surface area (TPSA) is 90.1 Å². The summed E-state index contributed by atoms with van der Waals surface area (Å²) in [4.78, 5) is 7.08. The number of aliphatic imine (C=N–C) groups is 1. The van der Waals surface area contributed by atoms with Crippen LogP contribution in [0, 0.1) is 5.41 Å². The van der Waals surface area contributed by atoms with Gasteiger partial charge in [0.2, 0.25) is 0 Å². The zero-order valence-electron chi connectivity index (χ0n) is 9.46. The number of halogens is 1. The molecule has 1 aromatic heterocycles. The predicted molar refractivity (Wildman–Crippen MR) is 72.8 cm³/mol. The van der Waals surface area contributed by atoms with Gasteiger partial charge in [-0.05, 0) is 47.9 Å². The number of nitrogens with one attached hydrogen (secondary N) is 3. The average Bonchev–Trinajstić information content (AvgIpc) is 2.73. The molecule has 17 heavy (non-hydrogen) atoms. The molecule has 92 valence electrons. The number of amidine groups is 1. The maximum Gasteiger partial charge on any atom is 0.150 e. The van der Waals surface area contributed by atoms with E-state index in [-0.39, 0.29) is 0 Å². The van der Waals surface area contributed by atoms with Crippen LogP contribution in [0.5, 0.6) is 0 Å². The molecule has 1 aromatic rings. The third-order valence-corrected chi connectivity index (χ3v) is 3.65. The van der Waals surface area contributed by atoms with Crippen molar-refractivity contribution < 1.29 is 0 Å². The minimum Gasteiger partial charge on any atom is -0.382 e. The quantitative estimate of drug-likeness (QED) is 0.504. The van der Waals surface area contributed by atoms with Crippen LogP contribution in [0.2, 0.25) is 0 Å². The lowest BCUT2D eigenvalue weighted by Gasteiger charge is -2.21. The first kappa shape index (κ1) is 12.3. The van der Waals surface area contributed by atoms with Crippen LogP contribution in [-0.2, 0) is 0 Å². The molecule has 1 saturated heterocycles. The number of hydrogen-bond donors (Lipinski definition) is 4. The third kappa shape index (κ3) is 2.76. The first-order valence-corrected chi connectivity index (χ1v) is 6.43. The molecular formula is C11H16BrN5. The zero-order valence-corrected chi connectivity index (χ0v) is 11.0. The van der Waals surface area contributed by atoms with Crippen molar-refractivity contribution in [1.82, 2.24) is 10.3 Å². The number of nitrogens with zero attached hydrogens (tertiary/aromatic N) is 1. The second-order valence-electron chi connectivity index (χ2n) is 4.12. The van der Waals surface area contributed by atoms with Crippen molar-refractivity contribution in [3.05, 3.63) is 21.9 Å². The molecular weight excluding hydrogens is 282 g/mol. The monoisotopic (exact) mass is 297 g/mol. The summed E-state index contributed by atoms with van der Waals surface area (Å²) in [5.74, 6) is 0.890. The Labute approximate surface area is 109 Å². The highest BCUT2D eigenvalue weighted by atomic mass is 79.9. The van der Waals surface area contributed by atoms with Gasteiger partial charge in [-0.3, -0.25) is 5.41 Å². The van der Waals surface area contributed by atoms with Gasteiger partial charge >= 0.3 is 0 Å². The molecule has 1 fully saturated rings. The molecule has 1 aliphatic heterocycles. The lowest BCUT2D eigenvalue weighted by molar-refractivity contribution is 0.454. The molecule has 0 bridgehead atoms. The van der Waals surface area contributed by atoms with Gasteiger partial charge in [-0.1, -0.05) is 0 Å². The number of H-pyrrole nitrogens is 1. The van der Waals surface area contributed by atoms with E-state index in [0.717, 1.165) is 42.4 Å². The van der Waals surface area contributed by atoms with Gasteiger partial charge in [0.15, 0.2) is 0 Å². The Morgan fingerprint density at radius 2 is 2.24 bits per heavy atom. The SMILES string of the molecule is N=C/N=C(/N)c1[nH]c(C2CCNCC2)cc1Br. The van der Waals surface area contributed by atoms with Crippen LogP contribution in [-0.4, -0.2) is 30.2 Å². The number of nitrogens with two attached hydrogens (primary N) is 1. The molecule has 2 rings (SSSR count). The summed E-state index contributed by atoms with van der Waals surface area (Å²) in [6.45, 7) is 2.11. The highest BCUT2D eigenvalue weighted by Crippen LogP contribution is 2.28. The van der Waals surface area contributed by atoms with E-state index in [4.69, 9.17) is 11.1 Å². The molecule has 0 saturated carbocycles. The van der Waals surface area contributed by atoms with Crippen molar-refractivity contribution in [3.8, 4) is 0 Å². The van der Waals surface area contributed by atoms with Gasteiger partial charge < -0.3 is 16.0 Å². The smallest absolute Gasteiger partial charge is 0.150 e. The molecule has 6 heteroatoms. The molecule has 1 aliphatic rings. The molecule has 0 unspecified atom stereocenters. The number of piperidine rings is 1. The van der Waals surface area contributed by atoms with Gasteiger partial charge in [-0.15, -0.1) is 0 Å². The van der Waals surface area contributed by atoms with Gasteiger partial charge in [0.05, 0.1) is 5.69 Å². The first-order chi connectivity index (χ1) is 8.22. The Balaban J connectivity index is 2.23. The van der Waals surface area contributed by atoms with Crippen molar-refractivity contribution in [2.24, 2.45) is 10.7 Å². The maximum absolute atomic E-state index is 6.93. The molecule has 0 aromatic carbocycles. The minimum absolute atomic E-state index is 0.340. The Bertz CT molecular complexity index is 431. The van der Waals surface area contributed by atoms with E-state index in [1.54, 1.807) is 0 Å². The highest BCUT2D eigenvalue weighted by Gasteiger charge is 2.19. The van der Waals surface area contributed by atoms with E-state index in [1.165, 1.54) is 5.69 Å². The second kappa shape index (κ2) is 5.46. The summed E-state index contributed by atoms with van der Waals surface area (Å²) in [6.07, 6.45) is 3.22. The third-order valence-electron chi connectivity index (χ3n) is 3.03. The van der Waals surface area contributed by atoms with Gasteiger partial charge in [-0.25, -0.2) is 4.99 Å². The first-order valence-electron chi connectivity index (χ1n) is 5.64. The molecule has 0 atom stereocenters. The van der Waals surface area contributed by atoms with E-state index in [0.29, 0.717) is 11.8 Å². The Kier molecular flexibility index (Phi) is 3.96. The fraction of sp³-hybridized carbons (Fsp3) is 0.455. The van der Waals surface area contributed by atoms with E-state index >= 15 is 0 Å². The molecule has 5 nitrogen and oxygen atoms in total. The lowest BCUT2D eigenvalue weighted by Crippen LogP contribution is -2.26. The standard InChI is InChI=1S/C11H16BrN5/c12-8-5-9(7-1-3-15-4-2-7)17-10(8)11(14)16-6-13/h5-7,15,17H,1-4H2,(H3,13,14,16). The summed E-state index contributed by atoms with van der Waals surface area (Å²) >= 11 is 3.47. The van der Waals surface area contributed by atoms with Crippen LogP contribution >= 0.6 is 15.9 Å². The molecule has 2 heterocycles. The average molecular weight is 298 g/mol. The van der Waals surface area contributed by atoms with Gasteiger partial charge in [0, 0.05) is 16.1 Å². The fourth-order valence-electron chi connectivity index (χ4n) is 2.12. The van der Waals surface area contributed by atoms with E-state index in [1.807, 2.05) is 0 Å². The van der Waals surface area contributed by atoms with Crippen LogP contribution in [0.3, 0.4) is 0 Å². The van der Waals surface area contributed by atoms with Crippen LogP contribution in [0.4, 0.5) is 0 Å². The number of aromatic amines is 1. The summed E-state index contributed by atoms with van der Waals surface area (Å²) in [7, 11) is 0. The summed E-state index contributed by atoms with van der Waals surface area (Å²) in [6, 6.07) is 2.07. The zero-order chi connectivity index (χ0) is 12.3. The summed E-state index contributed by atoms with van der Waals surface area (Å²) < 4.78 is 0.911. The Morgan fingerprint density at radius 3 is 2.88 bits per heavy atom. The minimum atomic E-state index is 0.340. The summed E-state index contributed by atoms with van der Waals surface area (Å²) in [5, 5.41) is 10.3. The highest BCUT2D eigenvalue weighted by molar-refractivity contribution is 9.10. The van der Waals surface area contributed by atoms with Crippen molar-refractivity contribution in [3.63, 3.8) is 0 Å². The largest absolute Gasteiger partial charge is 0.382 e. The van der Waals surface area contributed by atoms with Crippen molar-refractivity contribution >= 4 is 28.1 Å². The number of rotatable bonds is 3. The van der Waals surface area contributed by atoms with E-state index < -0.39 is 0 Å². The normalized spacial score (nSPS) is 18.3. The van der Waals surface area contributed by atoms with Gasteiger partial charge in [-0.2, -0.15) is 0 Å². The fourth-order valence-corrected chi connectivity index (χ4v) is 2.67. The van der Waals surface area contributed by atoms with Crippen molar-refractivity contribution in [2.75, 3.05) is 13.1 Å². The lowest BCUT2D eigenvalue weighted by atomic mass is 9.95. The van der Waals surface area contributed by atoms with Crippen LogP contribution in [0.1, 0.15) is 30.1 Å². The van der Waals surface area contributed by atoms with E-state index in [2.05, 4.69) is 37.3 Å². The summed E-state index contributed by atoms with van der Waals surface area (Å²) in [5.41, 5.74) is 7.73. The predicted octanol–water partition coefficient (Wildman–Crippen LogP) is 1.56. The van der Waals surface area contributed by atoms with Crippen LogP contribution in [0.25, 0.3) is 0 Å². The van der Waals surface area contributed by atoms with Crippen LogP contribution in [0.15, 0.2) is 15.5 Å². The second-order valence-corrected chi connectivity index (χ2v) is 4.97. The molecule has 0 radical (unpaired) electrons. The molecule has 5 N–H and O–H groups in total. The Morgan fingerprint density at radius 1 is 1.53 bits per heavy atom. The van der Waals surface area contributed by atoms with Crippen molar-refractivity contribution in [1.29, 1.82) is 5.41 Å². The van der Waals surface area contributed by atoms with Crippen molar-refractivity contribution in [2.45, 2.75) is 18.8 Å². The van der Waals surface area contributed by atoms with Gasteiger partial charge in [0.25, 0.3) is 0 Å². The Hall–Kier alpha value is -1.14. The van der Waals surface area contributed by atoms with E-state index in [9.17, 15) is 0 Å². The number of hydrogen-bond acceptors (Lipinski definition) is 2.